The van der Waals surface area contributed by atoms with Crippen molar-refractivity contribution in [3.05, 3.63) is 56.2 Å². The molecular weight excluding hydrogens is 308 g/mol. The average Bonchev–Trinajstić information content (AvgIpc) is 2.74. The van der Waals surface area contributed by atoms with Crippen molar-refractivity contribution >= 4 is 33.0 Å². The van der Waals surface area contributed by atoms with Crippen LogP contribution in [0, 0.1) is 0 Å². The lowest BCUT2D eigenvalue weighted by Gasteiger charge is -2.18. The van der Waals surface area contributed by atoms with Crippen LogP contribution in [0.25, 0.3) is 0 Å². The summed E-state index contributed by atoms with van der Waals surface area (Å²) in [4.78, 5) is 13.0. The molecule has 0 saturated carbocycles. The van der Waals surface area contributed by atoms with Crippen molar-refractivity contribution in [3.8, 4) is 0 Å². The molecule has 1 aromatic heterocycles. The summed E-state index contributed by atoms with van der Waals surface area (Å²) in [5, 5.41) is 1.93. The largest absolute Gasteiger partial charge is 0.288 e. The molecule has 1 nitrogen and oxygen atoms in total. The summed E-state index contributed by atoms with van der Waals surface area (Å²) < 4.78 is 0.960. The van der Waals surface area contributed by atoms with Crippen molar-refractivity contribution < 1.29 is 4.79 Å². The molecule has 0 spiro atoms. The van der Waals surface area contributed by atoms with E-state index >= 15 is 0 Å². The molecular formula is C15H15BrOS. The van der Waals surface area contributed by atoms with E-state index in [1.54, 1.807) is 0 Å². The zero-order valence-corrected chi connectivity index (χ0v) is 13.1. The quantitative estimate of drug-likeness (QED) is 0.708. The fourth-order valence-electron chi connectivity index (χ4n) is 1.70. The van der Waals surface area contributed by atoms with Crippen molar-refractivity contribution in [2.75, 3.05) is 0 Å². The number of hydrogen-bond donors (Lipinski definition) is 0. The van der Waals surface area contributed by atoms with E-state index in [0.717, 1.165) is 14.9 Å². The Bertz CT molecular complexity index is 561. The third-order valence-electron chi connectivity index (χ3n) is 2.80. The lowest BCUT2D eigenvalue weighted by atomic mass is 9.86. The Hall–Kier alpha value is -0.930. The summed E-state index contributed by atoms with van der Waals surface area (Å²) in [6, 6.07) is 9.77. The highest BCUT2D eigenvalue weighted by atomic mass is 79.9. The van der Waals surface area contributed by atoms with E-state index < -0.39 is 0 Å². The Morgan fingerprint density at radius 3 is 2.22 bits per heavy atom. The first-order valence-corrected chi connectivity index (χ1v) is 7.44. The van der Waals surface area contributed by atoms with Gasteiger partial charge in [-0.25, -0.2) is 0 Å². The first-order valence-electron chi connectivity index (χ1n) is 5.77. The molecule has 0 aliphatic heterocycles. The predicted octanol–water partition coefficient (Wildman–Crippen LogP) is 5.04. The Kier molecular flexibility index (Phi) is 3.74. The van der Waals surface area contributed by atoms with Crippen LogP contribution in [0.3, 0.4) is 0 Å². The minimum absolute atomic E-state index is 0.0890. The lowest BCUT2D eigenvalue weighted by Crippen LogP contribution is -2.11. The number of carbonyl (C=O) groups is 1. The predicted molar refractivity (Wildman–Crippen MR) is 80.6 cm³/mol. The minimum atomic E-state index is 0.0890. The van der Waals surface area contributed by atoms with Gasteiger partial charge in [0.1, 0.15) is 0 Å². The number of hydrogen-bond acceptors (Lipinski definition) is 2. The Balaban J connectivity index is 2.28. The van der Waals surface area contributed by atoms with Crippen molar-refractivity contribution in [1.29, 1.82) is 0 Å². The van der Waals surface area contributed by atoms with Crippen LogP contribution in [0.4, 0.5) is 0 Å². The van der Waals surface area contributed by atoms with E-state index in [1.165, 1.54) is 16.9 Å². The standard InChI is InChI=1S/C15H15BrOS/c1-15(2,3)11-6-4-10(5-7-11)14(17)13-8-12(16)9-18-13/h4-9H,1-3H3. The van der Waals surface area contributed by atoms with Gasteiger partial charge in [-0.15, -0.1) is 11.3 Å². The summed E-state index contributed by atoms with van der Waals surface area (Å²) in [6.45, 7) is 6.50. The molecule has 3 heteroatoms. The Labute approximate surface area is 120 Å². The van der Waals surface area contributed by atoms with Gasteiger partial charge in [-0.3, -0.25) is 4.79 Å². The van der Waals surface area contributed by atoms with Crippen molar-refractivity contribution in [2.24, 2.45) is 0 Å². The van der Waals surface area contributed by atoms with Crippen LogP contribution in [-0.2, 0) is 5.41 Å². The molecule has 0 N–H and O–H groups in total. The van der Waals surface area contributed by atoms with E-state index in [1.807, 2.05) is 35.7 Å². The normalized spacial score (nSPS) is 11.6. The van der Waals surface area contributed by atoms with Gasteiger partial charge in [0.25, 0.3) is 0 Å². The highest BCUT2D eigenvalue weighted by Gasteiger charge is 2.15. The first-order chi connectivity index (χ1) is 8.38. The Morgan fingerprint density at radius 2 is 1.78 bits per heavy atom. The third kappa shape index (κ3) is 2.90. The van der Waals surface area contributed by atoms with Crippen molar-refractivity contribution in [3.63, 3.8) is 0 Å². The van der Waals surface area contributed by atoms with Gasteiger partial charge in [-0.1, -0.05) is 45.0 Å². The van der Waals surface area contributed by atoms with E-state index in [-0.39, 0.29) is 11.2 Å². The second-order valence-corrected chi connectivity index (χ2v) is 7.11. The maximum absolute atomic E-state index is 12.2. The molecule has 2 rings (SSSR count). The summed E-state index contributed by atoms with van der Waals surface area (Å²) in [5.74, 6) is 0.0890. The topological polar surface area (TPSA) is 17.1 Å². The second kappa shape index (κ2) is 4.98. The summed E-state index contributed by atoms with van der Waals surface area (Å²) in [5.41, 5.74) is 2.11. The van der Waals surface area contributed by atoms with Crippen LogP contribution in [0.15, 0.2) is 40.2 Å². The monoisotopic (exact) mass is 322 g/mol. The van der Waals surface area contributed by atoms with Gasteiger partial charge in [-0.05, 0) is 33.0 Å². The van der Waals surface area contributed by atoms with E-state index in [0.29, 0.717) is 0 Å². The van der Waals surface area contributed by atoms with E-state index in [4.69, 9.17) is 0 Å². The molecule has 0 saturated heterocycles. The number of thiophene rings is 1. The highest BCUT2D eigenvalue weighted by molar-refractivity contribution is 9.10. The molecule has 1 heterocycles. The lowest BCUT2D eigenvalue weighted by molar-refractivity contribution is 0.104. The fraction of sp³-hybridized carbons (Fsp3) is 0.267. The van der Waals surface area contributed by atoms with Crippen LogP contribution in [0.5, 0.6) is 0 Å². The van der Waals surface area contributed by atoms with Gasteiger partial charge in [0, 0.05) is 15.4 Å². The number of ketones is 1. The van der Waals surface area contributed by atoms with Crippen LogP contribution >= 0.6 is 27.3 Å². The third-order valence-corrected chi connectivity index (χ3v) is 4.49. The number of halogens is 1. The fourth-order valence-corrected chi connectivity index (χ4v) is 3.08. The number of carbonyl (C=O) groups excluding carboxylic acids is 1. The molecule has 0 fully saturated rings. The van der Waals surface area contributed by atoms with Crippen LogP contribution in [0.2, 0.25) is 0 Å². The zero-order valence-electron chi connectivity index (χ0n) is 10.7. The maximum atomic E-state index is 12.2. The molecule has 94 valence electrons. The number of benzene rings is 1. The van der Waals surface area contributed by atoms with Gasteiger partial charge in [0.05, 0.1) is 4.88 Å². The van der Waals surface area contributed by atoms with Crippen LogP contribution in [-0.4, -0.2) is 5.78 Å². The zero-order chi connectivity index (χ0) is 13.3. The van der Waals surface area contributed by atoms with Gasteiger partial charge in [0.2, 0.25) is 5.78 Å². The van der Waals surface area contributed by atoms with Crippen molar-refractivity contribution in [2.45, 2.75) is 26.2 Å². The molecule has 0 bridgehead atoms. The first kappa shape index (κ1) is 13.5. The Morgan fingerprint density at radius 1 is 1.17 bits per heavy atom. The molecule has 0 aliphatic carbocycles. The minimum Gasteiger partial charge on any atom is -0.288 e. The molecule has 1 aromatic carbocycles. The molecule has 0 atom stereocenters. The number of rotatable bonds is 2. The average molecular weight is 323 g/mol. The van der Waals surface area contributed by atoms with Gasteiger partial charge >= 0.3 is 0 Å². The summed E-state index contributed by atoms with van der Waals surface area (Å²) in [6.07, 6.45) is 0. The SMILES string of the molecule is CC(C)(C)c1ccc(C(=O)c2cc(Br)cs2)cc1. The van der Waals surface area contributed by atoms with Gasteiger partial charge in [-0.2, -0.15) is 0 Å². The summed E-state index contributed by atoms with van der Waals surface area (Å²) >= 11 is 4.83. The molecule has 18 heavy (non-hydrogen) atoms. The molecule has 2 aromatic rings. The molecule has 0 unspecified atom stereocenters. The second-order valence-electron chi connectivity index (χ2n) is 5.29. The van der Waals surface area contributed by atoms with Crippen LogP contribution in [0.1, 0.15) is 41.6 Å². The van der Waals surface area contributed by atoms with Gasteiger partial charge < -0.3 is 0 Å². The molecule has 0 aliphatic rings. The van der Waals surface area contributed by atoms with Crippen molar-refractivity contribution in [1.82, 2.24) is 0 Å². The maximum Gasteiger partial charge on any atom is 0.202 e. The van der Waals surface area contributed by atoms with E-state index in [9.17, 15) is 4.79 Å². The molecule has 0 amide bonds. The highest BCUT2D eigenvalue weighted by Crippen LogP contribution is 2.25. The van der Waals surface area contributed by atoms with Gasteiger partial charge in [0.15, 0.2) is 0 Å². The van der Waals surface area contributed by atoms with Crippen LogP contribution < -0.4 is 0 Å². The van der Waals surface area contributed by atoms with E-state index in [2.05, 4.69) is 36.7 Å². The smallest absolute Gasteiger partial charge is 0.202 e. The summed E-state index contributed by atoms with van der Waals surface area (Å²) in [7, 11) is 0. The molecule has 0 radical (unpaired) electrons.